The van der Waals surface area contributed by atoms with Crippen LogP contribution in [0, 0.1) is 0 Å². The zero-order valence-electron chi connectivity index (χ0n) is 8.42. The third kappa shape index (κ3) is 4.36. The van der Waals surface area contributed by atoms with Gasteiger partial charge in [0.1, 0.15) is 0 Å². The monoisotopic (exact) mass is 198 g/mol. The first-order chi connectivity index (χ1) is 6.18. The van der Waals surface area contributed by atoms with Crippen LogP contribution in [0.2, 0.25) is 0 Å². The topological polar surface area (TPSA) is 38.4 Å². The lowest BCUT2D eigenvalue weighted by Gasteiger charge is -2.07. The van der Waals surface area contributed by atoms with E-state index in [9.17, 15) is 0 Å². The largest absolute Gasteiger partial charge is 0.387 e. The fourth-order valence-corrected chi connectivity index (χ4v) is 2.23. The molecule has 3 heteroatoms. The van der Waals surface area contributed by atoms with Gasteiger partial charge in [0, 0.05) is 17.9 Å². The standard InChI is InChI=1S/C10H18N2S/c1-8(2)3-4-9-7-13-6-5-10(11)12-9/h3,9H,4-7H2,1-2H3,(H2,11,12). The molecule has 0 radical (unpaired) electrons. The molecule has 1 aliphatic rings. The number of hydrogen-bond donors (Lipinski definition) is 1. The van der Waals surface area contributed by atoms with E-state index in [-0.39, 0.29) is 0 Å². The summed E-state index contributed by atoms with van der Waals surface area (Å²) in [7, 11) is 0. The van der Waals surface area contributed by atoms with Gasteiger partial charge in [-0.15, -0.1) is 0 Å². The number of hydrogen-bond acceptors (Lipinski definition) is 3. The molecule has 1 unspecified atom stereocenters. The van der Waals surface area contributed by atoms with Crippen LogP contribution in [0.5, 0.6) is 0 Å². The Labute approximate surface area is 84.7 Å². The summed E-state index contributed by atoms with van der Waals surface area (Å²) in [6.45, 7) is 4.24. The van der Waals surface area contributed by atoms with Crippen molar-refractivity contribution in [2.24, 2.45) is 10.7 Å². The summed E-state index contributed by atoms with van der Waals surface area (Å²) in [4.78, 5) is 4.48. The highest BCUT2D eigenvalue weighted by molar-refractivity contribution is 7.99. The highest BCUT2D eigenvalue weighted by Gasteiger charge is 2.10. The summed E-state index contributed by atoms with van der Waals surface area (Å²) in [6.07, 6.45) is 4.24. The Morgan fingerprint density at radius 1 is 1.69 bits per heavy atom. The molecule has 0 aromatic carbocycles. The molecule has 1 heterocycles. The Kier molecular flexibility index (Phi) is 4.36. The first-order valence-corrected chi connectivity index (χ1v) is 5.87. The van der Waals surface area contributed by atoms with E-state index in [1.807, 2.05) is 11.8 Å². The van der Waals surface area contributed by atoms with Crippen LogP contribution in [0.15, 0.2) is 16.6 Å². The molecule has 0 amide bonds. The molecule has 0 saturated carbocycles. The normalized spacial score (nSPS) is 23.2. The fraction of sp³-hybridized carbons (Fsp3) is 0.700. The fourth-order valence-electron chi connectivity index (χ4n) is 1.22. The van der Waals surface area contributed by atoms with Crippen LogP contribution in [0.3, 0.4) is 0 Å². The van der Waals surface area contributed by atoms with Gasteiger partial charge >= 0.3 is 0 Å². The van der Waals surface area contributed by atoms with Crippen molar-refractivity contribution in [3.8, 4) is 0 Å². The number of allylic oxidation sites excluding steroid dienone is 1. The van der Waals surface area contributed by atoms with E-state index in [0.29, 0.717) is 6.04 Å². The predicted molar refractivity (Wildman–Crippen MR) is 61.4 cm³/mol. The minimum absolute atomic E-state index is 0.405. The van der Waals surface area contributed by atoms with Gasteiger partial charge in [0.25, 0.3) is 0 Å². The molecule has 0 aromatic rings. The quantitative estimate of drug-likeness (QED) is 0.691. The molecule has 1 aliphatic heterocycles. The molecule has 1 rings (SSSR count). The van der Waals surface area contributed by atoms with Crippen molar-refractivity contribution >= 4 is 17.6 Å². The molecule has 0 aliphatic carbocycles. The van der Waals surface area contributed by atoms with E-state index >= 15 is 0 Å². The second kappa shape index (κ2) is 5.32. The van der Waals surface area contributed by atoms with Gasteiger partial charge in [-0.05, 0) is 20.3 Å². The molecular formula is C10H18N2S. The van der Waals surface area contributed by atoms with Crippen molar-refractivity contribution < 1.29 is 0 Å². The van der Waals surface area contributed by atoms with Crippen molar-refractivity contribution in [3.63, 3.8) is 0 Å². The average Bonchev–Trinajstić information content (AvgIpc) is 2.26. The first-order valence-electron chi connectivity index (χ1n) is 4.71. The Bertz CT molecular complexity index is 217. The molecule has 1 atom stereocenters. The number of aliphatic imine (C=N–C) groups is 1. The second-order valence-electron chi connectivity index (χ2n) is 3.62. The van der Waals surface area contributed by atoms with Crippen LogP contribution in [-0.4, -0.2) is 23.4 Å². The van der Waals surface area contributed by atoms with Gasteiger partial charge < -0.3 is 5.73 Å². The Morgan fingerprint density at radius 2 is 2.46 bits per heavy atom. The third-order valence-corrected chi connectivity index (χ3v) is 3.07. The van der Waals surface area contributed by atoms with Crippen LogP contribution in [0.1, 0.15) is 26.7 Å². The molecule has 13 heavy (non-hydrogen) atoms. The van der Waals surface area contributed by atoms with Gasteiger partial charge in [-0.25, -0.2) is 0 Å². The van der Waals surface area contributed by atoms with Gasteiger partial charge in [-0.1, -0.05) is 11.6 Å². The first kappa shape index (κ1) is 10.6. The van der Waals surface area contributed by atoms with Gasteiger partial charge in [0.2, 0.25) is 0 Å². The van der Waals surface area contributed by atoms with Crippen molar-refractivity contribution in [1.82, 2.24) is 0 Å². The predicted octanol–water partition coefficient (Wildman–Crippen LogP) is 2.21. The van der Waals surface area contributed by atoms with E-state index in [2.05, 4.69) is 24.9 Å². The van der Waals surface area contributed by atoms with Crippen molar-refractivity contribution in [3.05, 3.63) is 11.6 Å². The van der Waals surface area contributed by atoms with Gasteiger partial charge in [-0.2, -0.15) is 11.8 Å². The van der Waals surface area contributed by atoms with Gasteiger partial charge in [-0.3, -0.25) is 4.99 Å². The van der Waals surface area contributed by atoms with E-state index in [1.54, 1.807) is 0 Å². The Hall–Kier alpha value is -0.440. The zero-order valence-corrected chi connectivity index (χ0v) is 9.23. The van der Waals surface area contributed by atoms with Crippen molar-refractivity contribution in [2.45, 2.75) is 32.7 Å². The minimum atomic E-state index is 0.405. The number of thioether (sulfide) groups is 1. The lowest BCUT2D eigenvalue weighted by atomic mass is 10.2. The summed E-state index contributed by atoms with van der Waals surface area (Å²) < 4.78 is 0. The molecule has 0 spiro atoms. The number of amidine groups is 1. The molecule has 0 fully saturated rings. The maximum atomic E-state index is 5.75. The molecule has 0 aromatic heterocycles. The molecule has 2 nitrogen and oxygen atoms in total. The summed E-state index contributed by atoms with van der Waals surface area (Å²) in [5, 5.41) is 0. The summed E-state index contributed by atoms with van der Waals surface area (Å²) in [5.74, 6) is 3.07. The summed E-state index contributed by atoms with van der Waals surface area (Å²) >= 11 is 1.96. The lowest BCUT2D eigenvalue weighted by molar-refractivity contribution is 0.767. The van der Waals surface area contributed by atoms with Crippen LogP contribution in [0.4, 0.5) is 0 Å². The summed E-state index contributed by atoms with van der Waals surface area (Å²) in [6, 6.07) is 0.405. The van der Waals surface area contributed by atoms with Crippen LogP contribution in [0.25, 0.3) is 0 Å². The van der Waals surface area contributed by atoms with Gasteiger partial charge in [0.15, 0.2) is 0 Å². The Morgan fingerprint density at radius 3 is 3.15 bits per heavy atom. The summed E-state index contributed by atoms with van der Waals surface area (Å²) in [5.41, 5.74) is 7.11. The van der Waals surface area contributed by atoms with Crippen molar-refractivity contribution in [2.75, 3.05) is 11.5 Å². The molecule has 0 bridgehead atoms. The van der Waals surface area contributed by atoms with E-state index < -0.39 is 0 Å². The van der Waals surface area contributed by atoms with Gasteiger partial charge in [0.05, 0.1) is 11.9 Å². The molecule has 74 valence electrons. The number of nitrogens with two attached hydrogens (primary N) is 1. The van der Waals surface area contributed by atoms with E-state index in [1.165, 1.54) is 5.57 Å². The molecular weight excluding hydrogens is 180 g/mol. The number of nitrogens with zero attached hydrogens (tertiary/aromatic N) is 1. The highest BCUT2D eigenvalue weighted by atomic mass is 32.2. The van der Waals surface area contributed by atoms with E-state index in [4.69, 9.17) is 5.73 Å². The zero-order chi connectivity index (χ0) is 9.68. The third-order valence-electron chi connectivity index (χ3n) is 1.96. The van der Waals surface area contributed by atoms with Crippen LogP contribution in [-0.2, 0) is 0 Å². The maximum absolute atomic E-state index is 5.75. The number of rotatable bonds is 2. The second-order valence-corrected chi connectivity index (χ2v) is 4.77. The highest BCUT2D eigenvalue weighted by Crippen LogP contribution is 2.15. The van der Waals surface area contributed by atoms with E-state index in [0.717, 1.165) is 30.2 Å². The SMILES string of the molecule is CC(C)=CCC1CSCCC(N)=N1. The van der Waals surface area contributed by atoms with Crippen LogP contribution < -0.4 is 5.73 Å². The average molecular weight is 198 g/mol. The van der Waals surface area contributed by atoms with Crippen molar-refractivity contribution in [1.29, 1.82) is 0 Å². The maximum Gasteiger partial charge on any atom is 0.0949 e. The molecule has 2 N–H and O–H groups in total. The Balaban J connectivity index is 2.48. The lowest BCUT2D eigenvalue weighted by Crippen LogP contribution is -2.15. The smallest absolute Gasteiger partial charge is 0.0949 e. The molecule has 0 saturated heterocycles. The minimum Gasteiger partial charge on any atom is -0.387 e. The van der Waals surface area contributed by atoms with Crippen LogP contribution >= 0.6 is 11.8 Å².